The van der Waals surface area contributed by atoms with Crippen molar-refractivity contribution in [2.75, 3.05) is 5.75 Å². The van der Waals surface area contributed by atoms with Crippen molar-refractivity contribution in [3.63, 3.8) is 0 Å². The molecule has 1 N–H and O–H groups in total. The van der Waals surface area contributed by atoms with Crippen LogP contribution in [0, 0.1) is 5.92 Å². The van der Waals surface area contributed by atoms with Gasteiger partial charge in [-0.15, -0.1) is 11.8 Å². The first kappa shape index (κ1) is 20.2. The fraction of sp³-hybridized carbons (Fsp3) is 0.350. The molecule has 1 atom stereocenters. The number of rotatable bonds is 8. The van der Waals surface area contributed by atoms with Gasteiger partial charge >= 0.3 is 0 Å². The summed E-state index contributed by atoms with van der Waals surface area (Å²) in [7, 11) is 0. The molecule has 2 rings (SSSR count). The van der Waals surface area contributed by atoms with Crippen LogP contribution in [-0.4, -0.2) is 11.7 Å². The Kier molecular flexibility index (Phi) is 8.14. The zero-order valence-corrected chi connectivity index (χ0v) is 16.8. The first-order valence-electron chi connectivity index (χ1n) is 8.32. The van der Waals surface area contributed by atoms with Gasteiger partial charge < -0.3 is 5.32 Å². The fourth-order valence-corrected chi connectivity index (χ4v) is 4.16. The van der Waals surface area contributed by atoms with Gasteiger partial charge in [-0.2, -0.15) is 0 Å². The van der Waals surface area contributed by atoms with Gasteiger partial charge in [-0.05, 0) is 35.6 Å². The monoisotopic (exact) mass is 395 g/mol. The summed E-state index contributed by atoms with van der Waals surface area (Å²) < 4.78 is 0. The molecule has 0 heterocycles. The van der Waals surface area contributed by atoms with Gasteiger partial charge in [-0.25, -0.2) is 0 Å². The van der Waals surface area contributed by atoms with Crippen LogP contribution < -0.4 is 5.32 Å². The Balaban J connectivity index is 1.91. The zero-order valence-electron chi connectivity index (χ0n) is 14.5. The van der Waals surface area contributed by atoms with Crippen molar-refractivity contribution in [2.24, 2.45) is 5.92 Å². The maximum atomic E-state index is 12.4. The SMILES string of the molecule is CC(C)C[C@@H](NC(=O)CSCc1c(Cl)cccc1Cl)c1ccccc1. The Morgan fingerprint density at radius 3 is 2.28 bits per heavy atom. The molecule has 2 aromatic carbocycles. The highest BCUT2D eigenvalue weighted by Gasteiger charge is 2.16. The molecule has 5 heteroatoms. The summed E-state index contributed by atoms with van der Waals surface area (Å²) in [4.78, 5) is 12.4. The van der Waals surface area contributed by atoms with Crippen LogP contribution in [0.5, 0.6) is 0 Å². The molecule has 25 heavy (non-hydrogen) atoms. The molecule has 1 amide bonds. The van der Waals surface area contributed by atoms with Crippen LogP contribution in [-0.2, 0) is 10.5 Å². The van der Waals surface area contributed by atoms with E-state index in [9.17, 15) is 4.79 Å². The van der Waals surface area contributed by atoms with Gasteiger partial charge in [0.2, 0.25) is 5.91 Å². The lowest BCUT2D eigenvalue weighted by atomic mass is 9.97. The highest BCUT2D eigenvalue weighted by Crippen LogP contribution is 2.28. The Morgan fingerprint density at radius 2 is 1.68 bits per heavy atom. The summed E-state index contributed by atoms with van der Waals surface area (Å²) in [6.07, 6.45) is 0.913. The van der Waals surface area contributed by atoms with Crippen LogP contribution in [0.25, 0.3) is 0 Å². The summed E-state index contributed by atoms with van der Waals surface area (Å²) in [5, 5.41) is 4.44. The standard InChI is InChI=1S/C20H23Cl2NOS/c1-14(2)11-19(15-7-4-3-5-8-15)23-20(24)13-25-12-16-17(21)9-6-10-18(16)22/h3-10,14,19H,11-13H2,1-2H3,(H,23,24)/t19-/m1/s1. The second-order valence-electron chi connectivity index (χ2n) is 6.35. The van der Waals surface area contributed by atoms with Gasteiger partial charge in [0.05, 0.1) is 11.8 Å². The van der Waals surface area contributed by atoms with Gasteiger partial charge in [0, 0.05) is 15.8 Å². The summed E-state index contributed by atoms with van der Waals surface area (Å²) in [5.41, 5.74) is 2.02. The number of nitrogens with one attached hydrogen (secondary N) is 1. The predicted molar refractivity (Wildman–Crippen MR) is 109 cm³/mol. The number of benzene rings is 2. The number of carbonyl (C=O) groups is 1. The van der Waals surface area contributed by atoms with Crippen LogP contribution in [0.1, 0.15) is 37.4 Å². The van der Waals surface area contributed by atoms with E-state index >= 15 is 0 Å². The Hall–Kier alpha value is -1.16. The van der Waals surface area contributed by atoms with Crippen molar-refractivity contribution in [1.29, 1.82) is 0 Å². The van der Waals surface area contributed by atoms with Crippen molar-refractivity contribution >= 4 is 40.9 Å². The summed E-state index contributed by atoms with van der Waals surface area (Å²) in [5.74, 6) is 1.53. The highest BCUT2D eigenvalue weighted by atomic mass is 35.5. The second kappa shape index (κ2) is 10.1. The van der Waals surface area contributed by atoms with Crippen molar-refractivity contribution < 1.29 is 4.79 Å². The van der Waals surface area contributed by atoms with Crippen molar-refractivity contribution in [3.8, 4) is 0 Å². The van der Waals surface area contributed by atoms with Crippen molar-refractivity contribution in [3.05, 3.63) is 69.7 Å². The van der Waals surface area contributed by atoms with E-state index in [0.717, 1.165) is 17.5 Å². The van der Waals surface area contributed by atoms with Gasteiger partial charge in [0.1, 0.15) is 0 Å². The van der Waals surface area contributed by atoms with Crippen molar-refractivity contribution in [2.45, 2.75) is 32.1 Å². The normalized spacial score (nSPS) is 12.2. The lowest BCUT2D eigenvalue weighted by Gasteiger charge is -2.21. The summed E-state index contributed by atoms with van der Waals surface area (Å²) in [6, 6.07) is 15.6. The molecule has 0 aromatic heterocycles. The molecule has 0 unspecified atom stereocenters. The zero-order chi connectivity index (χ0) is 18.2. The van der Waals surface area contributed by atoms with Gasteiger partial charge in [-0.3, -0.25) is 4.79 Å². The third kappa shape index (κ3) is 6.58. The predicted octanol–water partition coefficient (Wildman–Crippen LogP) is 6.13. The average molecular weight is 396 g/mol. The molecular formula is C20H23Cl2NOS. The Morgan fingerprint density at radius 1 is 1.04 bits per heavy atom. The molecule has 2 nitrogen and oxygen atoms in total. The van der Waals surface area contributed by atoms with Crippen LogP contribution in [0.2, 0.25) is 10.0 Å². The first-order valence-corrected chi connectivity index (χ1v) is 10.2. The lowest BCUT2D eigenvalue weighted by molar-refractivity contribution is -0.119. The van der Waals surface area contributed by atoms with E-state index in [1.165, 1.54) is 11.8 Å². The van der Waals surface area contributed by atoms with E-state index in [1.54, 1.807) is 0 Å². The van der Waals surface area contributed by atoms with Crippen molar-refractivity contribution in [1.82, 2.24) is 5.32 Å². The molecular weight excluding hydrogens is 373 g/mol. The quantitative estimate of drug-likeness (QED) is 0.582. The van der Waals surface area contributed by atoms with Crippen LogP contribution >= 0.6 is 35.0 Å². The number of amides is 1. The molecule has 0 fully saturated rings. The number of hydrogen-bond donors (Lipinski definition) is 1. The largest absolute Gasteiger partial charge is 0.349 e. The molecule has 0 aliphatic heterocycles. The second-order valence-corrected chi connectivity index (χ2v) is 8.15. The third-order valence-electron chi connectivity index (χ3n) is 3.79. The van der Waals surface area contributed by atoms with Gasteiger partial charge in [0.15, 0.2) is 0 Å². The van der Waals surface area contributed by atoms with Crippen LogP contribution in [0.3, 0.4) is 0 Å². The molecule has 0 radical (unpaired) electrons. The Bertz CT molecular complexity index is 671. The van der Waals surface area contributed by atoms with E-state index in [2.05, 4.69) is 31.3 Å². The van der Waals surface area contributed by atoms with E-state index in [4.69, 9.17) is 23.2 Å². The van der Waals surface area contributed by atoms with E-state index in [1.807, 2.05) is 36.4 Å². The molecule has 134 valence electrons. The smallest absolute Gasteiger partial charge is 0.230 e. The lowest BCUT2D eigenvalue weighted by Crippen LogP contribution is -2.30. The minimum absolute atomic E-state index is 0.0303. The molecule has 0 aliphatic carbocycles. The van der Waals surface area contributed by atoms with Crippen LogP contribution in [0.4, 0.5) is 0 Å². The number of hydrogen-bond acceptors (Lipinski definition) is 2. The molecule has 2 aromatic rings. The van der Waals surface area contributed by atoms with Gasteiger partial charge in [-0.1, -0.05) is 73.4 Å². The summed E-state index contributed by atoms with van der Waals surface area (Å²) in [6.45, 7) is 4.33. The van der Waals surface area contributed by atoms with Crippen LogP contribution in [0.15, 0.2) is 48.5 Å². The first-order chi connectivity index (χ1) is 12.0. The molecule has 0 spiro atoms. The Labute approximate surface area is 164 Å². The molecule has 0 aliphatic rings. The number of halogens is 2. The fourth-order valence-electron chi connectivity index (χ4n) is 2.59. The molecule has 0 bridgehead atoms. The number of carbonyl (C=O) groups excluding carboxylic acids is 1. The van der Waals surface area contributed by atoms with E-state index < -0.39 is 0 Å². The highest BCUT2D eigenvalue weighted by molar-refractivity contribution is 7.99. The third-order valence-corrected chi connectivity index (χ3v) is 5.45. The molecule has 0 saturated heterocycles. The minimum atomic E-state index is 0.0303. The summed E-state index contributed by atoms with van der Waals surface area (Å²) >= 11 is 13.9. The van der Waals surface area contributed by atoms with E-state index in [0.29, 0.717) is 27.5 Å². The minimum Gasteiger partial charge on any atom is -0.349 e. The maximum Gasteiger partial charge on any atom is 0.230 e. The van der Waals surface area contributed by atoms with E-state index in [-0.39, 0.29) is 11.9 Å². The van der Waals surface area contributed by atoms with Gasteiger partial charge in [0.25, 0.3) is 0 Å². The maximum absolute atomic E-state index is 12.4. The molecule has 0 saturated carbocycles. The average Bonchev–Trinajstić information content (AvgIpc) is 2.57. The topological polar surface area (TPSA) is 29.1 Å². The number of thioether (sulfide) groups is 1.